The van der Waals surface area contributed by atoms with E-state index in [1.807, 2.05) is 42.2 Å². The SMILES string of the molecule is Cn1c(-c2ccc(N3CCOCC3)nc2)cnc1[C@@H](N)Cc1ccccn1. The van der Waals surface area contributed by atoms with Crippen LogP contribution in [0.25, 0.3) is 11.3 Å². The van der Waals surface area contributed by atoms with Crippen molar-refractivity contribution in [2.45, 2.75) is 12.5 Å². The van der Waals surface area contributed by atoms with Gasteiger partial charge in [-0.1, -0.05) is 6.07 Å². The fourth-order valence-corrected chi connectivity index (χ4v) is 3.39. The van der Waals surface area contributed by atoms with Gasteiger partial charge in [-0.2, -0.15) is 0 Å². The molecule has 0 amide bonds. The molecule has 0 bridgehead atoms. The fraction of sp³-hybridized carbons (Fsp3) is 0.350. The van der Waals surface area contributed by atoms with Gasteiger partial charge in [-0.15, -0.1) is 0 Å². The number of hydrogen-bond acceptors (Lipinski definition) is 6. The lowest BCUT2D eigenvalue weighted by molar-refractivity contribution is 0.122. The first-order valence-electron chi connectivity index (χ1n) is 9.18. The third-order valence-electron chi connectivity index (χ3n) is 4.89. The van der Waals surface area contributed by atoms with Crippen LogP contribution in [-0.2, 0) is 18.2 Å². The average Bonchev–Trinajstić information content (AvgIpc) is 3.11. The van der Waals surface area contributed by atoms with Gasteiger partial charge in [0.2, 0.25) is 0 Å². The predicted molar refractivity (Wildman–Crippen MR) is 104 cm³/mol. The van der Waals surface area contributed by atoms with Crippen LogP contribution >= 0.6 is 0 Å². The van der Waals surface area contributed by atoms with Crippen LogP contribution in [0.15, 0.2) is 48.9 Å². The molecule has 2 N–H and O–H groups in total. The normalized spacial score (nSPS) is 15.7. The zero-order chi connectivity index (χ0) is 18.6. The number of rotatable bonds is 5. The van der Waals surface area contributed by atoms with Crippen LogP contribution in [0, 0.1) is 0 Å². The molecule has 4 rings (SSSR count). The molecule has 4 heterocycles. The third-order valence-corrected chi connectivity index (χ3v) is 4.89. The van der Waals surface area contributed by atoms with E-state index in [4.69, 9.17) is 10.5 Å². The maximum atomic E-state index is 6.38. The summed E-state index contributed by atoms with van der Waals surface area (Å²) in [7, 11) is 1.99. The van der Waals surface area contributed by atoms with Crippen LogP contribution in [0.2, 0.25) is 0 Å². The van der Waals surface area contributed by atoms with Gasteiger partial charge in [-0.3, -0.25) is 4.98 Å². The Labute approximate surface area is 158 Å². The van der Waals surface area contributed by atoms with E-state index in [2.05, 4.69) is 32.0 Å². The highest BCUT2D eigenvalue weighted by Gasteiger charge is 2.17. The third kappa shape index (κ3) is 3.84. The first-order valence-corrected chi connectivity index (χ1v) is 9.18. The summed E-state index contributed by atoms with van der Waals surface area (Å²) >= 11 is 0. The van der Waals surface area contributed by atoms with Gasteiger partial charge in [0.15, 0.2) is 0 Å². The summed E-state index contributed by atoms with van der Waals surface area (Å²) in [6, 6.07) is 9.79. The molecule has 3 aromatic heterocycles. The second-order valence-electron chi connectivity index (χ2n) is 6.70. The van der Waals surface area contributed by atoms with Crippen molar-refractivity contribution in [2.75, 3.05) is 31.2 Å². The molecule has 3 aromatic rings. The molecule has 0 saturated carbocycles. The van der Waals surface area contributed by atoms with E-state index in [1.165, 1.54) is 0 Å². The van der Waals surface area contributed by atoms with E-state index in [-0.39, 0.29) is 6.04 Å². The van der Waals surface area contributed by atoms with Gasteiger partial charge < -0.3 is 19.9 Å². The summed E-state index contributed by atoms with van der Waals surface area (Å²) in [6.07, 6.45) is 6.20. The molecule has 1 fully saturated rings. The van der Waals surface area contributed by atoms with Crippen molar-refractivity contribution in [1.82, 2.24) is 19.5 Å². The Morgan fingerprint density at radius 1 is 1.07 bits per heavy atom. The van der Waals surface area contributed by atoms with Crippen molar-refractivity contribution in [2.24, 2.45) is 12.8 Å². The number of nitrogens with two attached hydrogens (primary N) is 1. The first kappa shape index (κ1) is 17.6. The molecule has 7 nitrogen and oxygen atoms in total. The van der Waals surface area contributed by atoms with E-state index >= 15 is 0 Å². The predicted octanol–water partition coefficient (Wildman–Crippen LogP) is 1.96. The standard InChI is InChI=1S/C20H24N6O/c1-25-18(14-24-20(25)17(21)12-16-4-2-3-7-22-16)15-5-6-19(23-13-15)26-8-10-27-11-9-26/h2-7,13-14,17H,8-12,21H2,1H3/t17-/m0/s1. The molecule has 1 aliphatic rings. The van der Waals surface area contributed by atoms with Crippen LogP contribution in [0.1, 0.15) is 17.6 Å². The van der Waals surface area contributed by atoms with Crippen molar-refractivity contribution >= 4 is 5.82 Å². The van der Waals surface area contributed by atoms with Crippen LogP contribution in [0.4, 0.5) is 5.82 Å². The summed E-state index contributed by atoms with van der Waals surface area (Å²) in [6.45, 7) is 3.26. The zero-order valence-electron chi connectivity index (χ0n) is 15.5. The van der Waals surface area contributed by atoms with Gasteiger partial charge in [0.25, 0.3) is 0 Å². The molecular formula is C20H24N6O. The molecule has 27 heavy (non-hydrogen) atoms. The average molecular weight is 364 g/mol. The Balaban J connectivity index is 1.51. The topological polar surface area (TPSA) is 82.1 Å². The number of anilines is 1. The van der Waals surface area contributed by atoms with E-state index < -0.39 is 0 Å². The van der Waals surface area contributed by atoms with Crippen LogP contribution in [-0.4, -0.2) is 45.8 Å². The molecule has 1 atom stereocenters. The molecule has 0 aromatic carbocycles. The van der Waals surface area contributed by atoms with Crippen LogP contribution < -0.4 is 10.6 Å². The van der Waals surface area contributed by atoms with E-state index in [0.717, 1.165) is 54.9 Å². The smallest absolute Gasteiger partial charge is 0.128 e. The second kappa shape index (κ2) is 7.85. The fourth-order valence-electron chi connectivity index (χ4n) is 3.39. The maximum absolute atomic E-state index is 6.38. The minimum absolute atomic E-state index is 0.209. The van der Waals surface area contributed by atoms with Gasteiger partial charge in [-0.05, 0) is 24.3 Å². The van der Waals surface area contributed by atoms with Crippen molar-refractivity contribution in [3.63, 3.8) is 0 Å². The van der Waals surface area contributed by atoms with E-state index in [9.17, 15) is 0 Å². The lowest BCUT2D eigenvalue weighted by atomic mass is 10.1. The maximum Gasteiger partial charge on any atom is 0.128 e. The summed E-state index contributed by atoms with van der Waals surface area (Å²) < 4.78 is 7.44. The van der Waals surface area contributed by atoms with Crippen molar-refractivity contribution < 1.29 is 4.74 Å². The van der Waals surface area contributed by atoms with E-state index in [1.54, 1.807) is 6.20 Å². The zero-order valence-corrected chi connectivity index (χ0v) is 15.5. The van der Waals surface area contributed by atoms with Crippen molar-refractivity contribution in [1.29, 1.82) is 0 Å². The molecule has 7 heteroatoms. The molecule has 0 spiro atoms. The first-order chi connectivity index (χ1) is 13.2. The molecule has 1 aliphatic heterocycles. The van der Waals surface area contributed by atoms with E-state index in [0.29, 0.717) is 6.42 Å². The minimum Gasteiger partial charge on any atom is -0.378 e. The molecule has 0 aliphatic carbocycles. The number of imidazole rings is 1. The number of morpholine rings is 1. The summed E-state index contributed by atoms with van der Waals surface area (Å²) in [5.41, 5.74) is 9.38. The Morgan fingerprint density at radius 2 is 1.93 bits per heavy atom. The summed E-state index contributed by atoms with van der Waals surface area (Å²) in [5, 5.41) is 0. The largest absolute Gasteiger partial charge is 0.378 e. The Bertz CT molecular complexity index is 871. The highest BCUT2D eigenvalue weighted by atomic mass is 16.5. The quantitative estimate of drug-likeness (QED) is 0.745. The Kier molecular flexibility index (Phi) is 5.13. The lowest BCUT2D eigenvalue weighted by Gasteiger charge is -2.27. The second-order valence-corrected chi connectivity index (χ2v) is 6.70. The molecule has 1 saturated heterocycles. The Hall–Kier alpha value is -2.77. The van der Waals surface area contributed by atoms with Crippen LogP contribution in [0.3, 0.4) is 0 Å². The lowest BCUT2D eigenvalue weighted by Crippen LogP contribution is -2.36. The van der Waals surface area contributed by atoms with Crippen molar-refractivity contribution in [3.8, 4) is 11.3 Å². The summed E-state index contributed by atoms with van der Waals surface area (Å²) in [5.74, 6) is 1.82. The highest BCUT2D eigenvalue weighted by molar-refractivity contribution is 5.60. The number of hydrogen-bond donors (Lipinski definition) is 1. The molecular weight excluding hydrogens is 340 g/mol. The van der Waals surface area contributed by atoms with Gasteiger partial charge in [0, 0.05) is 50.2 Å². The van der Waals surface area contributed by atoms with Crippen LogP contribution in [0.5, 0.6) is 0 Å². The number of aromatic nitrogens is 4. The van der Waals surface area contributed by atoms with Gasteiger partial charge in [0.05, 0.1) is 31.1 Å². The molecule has 0 unspecified atom stereocenters. The highest BCUT2D eigenvalue weighted by Crippen LogP contribution is 2.24. The molecule has 0 radical (unpaired) electrons. The molecule has 140 valence electrons. The Morgan fingerprint density at radius 3 is 2.63 bits per heavy atom. The number of nitrogens with zero attached hydrogens (tertiary/aromatic N) is 5. The monoisotopic (exact) mass is 364 g/mol. The van der Waals surface area contributed by atoms with Gasteiger partial charge in [-0.25, -0.2) is 9.97 Å². The van der Waals surface area contributed by atoms with Gasteiger partial charge in [0.1, 0.15) is 11.6 Å². The minimum atomic E-state index is -0.209. The number of ether oxygens (including phenoxy) is 1. The van der Waals surface area contributed by atoms with Crippen molar-refractivity contribution in [3.05, 3.63) is 60.4 Å². The number of pyridine rings is 2. The summed E-state index contributed by atoms with van der Waals surface area (Å²) in [4.78, 5) is 15.8. The van der Waals surface area contributed by atoms with Gasteiger partial charge >= 0.3 is 0 Å².